The fourth-order valence-electron chi connectivity index (χ4n) is 4.54. The number of urea groups is 1. The minimum Gasteiger partial charge on any atom is -0.338 e. The summed E-state index contributed by atoms with van der Waals surface area (Å²) < 4.78 is 0. The molecule has 0 radical (unpaired) electrons. The summed E-state index contributed by atoms with van der Waals surface area (Å²) in [6.07, 6.45) is 8.45. The molecule has 0 unspecified atom stereocenters. The Balaban J connectivity index is 1.44. The SMILES string of the molecule is O=C(N1CCCC1)N1CCC[C@]2(CCN(Cc3cccnc3)C2=O)C1. The molecule has 134 valence electrons. The van der Waals surface area contributed by atoms with Crippen LogP contribution in [0.3, 0.4) is 0 Å². The number of hydrogen-bond acceptors (Lipinski definition) is 3. The van der Waals surface area contributed by atoms with Gasteiger partial charge in [-0.2, -0.15) is 0 Å². The summed E-state index contributed by atoms with van der Waals surface area (Å²) in [5.41, 5.74) is 0.698. The van der Waals surface area contributed by atoms with Crippen molar-refractivity contribution in [1.82, 2.24) is 19.7 Å². The number of pyridine rings is 1. The van der Waals surface area contributed by atoms with E-state index in [1.165, 1.54) is 0 Å². The van der Waals surface area contributed by atoms with Crippen LogP contribution in [0.25, 0.3) is 0 Å². The van der Waals surface area contributed by atoms with E-state index in [1.807, 2.05) is 33.0 Å². The Morgan fingerprint density at radius 2 is 1.88 bits per heavy atom. The van der Waals surface area contributed by atoms with E-state index < -0.39 is 0 Å². The zero-order chi connectivity index (χ0) is 17.3. The van der Waals surface area contributed by atoms with Crippen LogP contribution in [0.15, 0.2) is 24.5 Å². The van der Waals surface area contributed by atoms with Gasteiger partial charge in [0.15, 0.2) is 0 Å². The summed E-state index contributed by atoms with van der Waals surface area (Å²) in [5.74, 6) is 0.218. The van der Waals surface area contributed by atoms with Crippen LogP contribution in [0.4, 0.5) is 4.79 Å². The first kappa shape index (κ1) is 16.4. The van der Waals surface area contributed by atoms with Crippen molar-refractivity contribution < 1.29 is 9.59 Å². The van der Waals surface area contributed by atoms with Gasteiger partial charge < -0.3 is 14.7 Å². The molecule has 0 N–H and O–H groups in total. The summed E-state index contributed by atoms with van der Waals surface area (Å²) in [5, 5.41) is 0. The summed E-state index contributed by atoms with van der Waals surface area (Å²) in [6.45, 7) is 4.50. The second kappa shape index (κ2) is 6.65. The van der Waals surface area contributed by atoms with E-state index in [2.05, 4.69) is 4.98 Å². The van der Waals surface area contributed by atoms with Crippen LogP contribution in [-0.2, 0) is 11.3 Å². The van der Waals surface area contributed by atoms with Crippen molar-refractivity contribution in [2.75, 3.05) is 32.7 Å². The number of carbonyl (C=O) groups is 2. The van der Waals surface area contributed by atoms with Crippen LogP contribution in [0.5, 0.6) is 0 Å². The number of aromatic nitrogens is 1. The quantitative estimate of drug-likeness (QED) is 0.827. The smallest absolute Gasteiger partial charge is 0.320 e. The lowest BCUT2D eigenvalue weighted by Crippen LogP contribution is -2.52. The van der Waals surface area contributed by atoms with Gasteiger partial charge in [-0.15, -0.1) is 0 Å². The lowest BCUT2D eigenvalue weighted by atomic mass is 9.78. The lowest BCUT2D eigenvalue weighted by molar-refractivity contribution is -0.138. The van der Waals surface area contributed by atoms with E-state index in [0.717, 1.165) is 63.8 Å². The highest BCUT2D eigenvalue weighted by molar-refractivity contribution is 5.86. The van der Waals surface area contributed by atoms with Gasteiger partial charge in [0, 0.05) is 51.7 Å². The maximum atomic E-state index is 13.1. The first-order chi connectivity index (χ1) is 12.2. The maximum absolute atomic E-state index is 13.1. The molecule has 1 aromatic heterocycles. The Morgan fingerprint density at radius 1 is 1.08 bits per heavy atom. The molecule has 0 saturated carbocycles. The molecule has 1 aromatic rings. The molecule has 25 heavy (non-hydrogen) atoms. The molecule has 3 fully saturated rings. The average molecular weight is 342 g/mol. The van der Waals surface area contributed by atoms with Crippen LogP contribution < -0.4 is 0 Å². The Morgan fingerprint density at radius 3 is 2.64 bits per heavy atom. The van der Waals surface area contributed by atoms with Crippen LogP contribution in [0.1, 0.15) is 37.7 Å². The molecule has 3 amide bonds. The zero-order valence-electron chi connectivity index (χ0n) is 14.7. The molecule has 3 saturated heterocycles. The van der Waals surface area contributed by atoms with E-state index in [4.69, 9.17) is 0 Å². The standard InChI is InChI=1S/C19H26N4O2/c24-17-19(7-12-22(17)14-16-5-3-8-20-13-16)6-4-11-23(15-19)18(25)21-9-1-2-10-21/h3,5,8,13H,1-2,4,6-7,9-12,14-15H2/t19-/m0/s1. The van der Waals surface area contributed by atoms with Gasteiger partial charge in [-0.25, -0.2) is 4.79 Å². The van der Waals surface area contributed by atoms with E-state index in [1.54, 1.807) is 6.20 Å². The second-order valence-corrected chi connectivity index (χ2v) is 7.62. The van der Waals surface area contributed by atoms with E-state index >= 15 is 0 Å². The average Bonchev–Trinajstić information content (AvgIpc) is 3.28. The van der Waals surface area contributed by atoms with Crippen molar-refractivity contribution in [3.8, 4) is 0 Å². The lowest BCUT2D eigenvalue weighted by Gasteiger charge is -2.40. The highest BCUT2D eigenvalue weighted by Crippen LogP contribution is 2.41. The normalized spacial score (nSPS) is 26.7. The summed E-state index contributed by atoms with van der Waals surface area (Å²) in [6, 6.07) is 4.05. The molecule has 6 nitrogen and oxygen atoms in total. The molecule has 0 aromatic carbocycles. The fourth-order valence-corrected chi connectivity index (χ4v) is 4.54. The first-order valence-corrected chi connectivity index (χ1v) is 9.40. The van der Waals surface area contributed by atoms with Crippen molar-refractivity contribution >= 4 is 11.9 Å². The molecule has 1 spiro atoms. The van der Waals surface area contributed by atoms with E-state index in [9.17, 15) is 9.59 Å². The number of carbonyl (C=O) groups excluding carboxylic acids is 2. The molecular weight excluding hydrogens is 316 g/mol. The fraction of sp³-hybridized carbons (Fsp3) is 0.632. The molecule has 4 rings (SSSR count). The summed E-state index contributed by atoms with van der Waals surface area (Å²) >= 11 is 0. The third-order valence-corrected chi connectivity index (χ3v) is 5.92. The molecule has 0 bridgehead atoms. The van der Waals surface area contributed by atoms with Gasteiger partial charge in [0.1, 0.15) is 0 Å². The Bertz CT molecular complexity index is 644. The molecule has 3 aliphatic rings. The zero-order valence-corrected chi connectivity index (χ0v) is 14.7. The van der Waals surface area contributed by atoms with Crippen LogP contribution in [-0.4, -0.2) is 64.3 Å². The number of piperidine rings is 1. The largest absolute Gasteiger partial charge is 0.338 e. The summed E-state index contributed by atoms with van der Waals surface area (Å²) in [4.78, 5) is 35.8. The van der Waals surface area contributed by atoms with E-state index in [-0.39, 0.29) is 17.4 Å². The van der Waals surface area contributed by atoms with Crippen molar-refractivity contribution in [2.45, 2.75) is 38.6 Å². The third kappa shape index (κ3) is 3.10. The van der Waals surface area contributed by atoms with Crippen LogP contribution in [0, 0.1) is 5.41 Å². The van der Waals surface area contributed by atoms with Gasteiger partial charge in [-0.1, -0.05) is 6.07 Å². The van der Waals surface area contributed by atoms with Crippen LogP contribution in [0.2, 0.25) is 0 Å². The predicted octanol–water partition coefficient (Wildman–Crippen LogP) is 2.11. The van der Waals surface area contributed by atoms with Crippen molar-refractivity contribution in [3.63, 3.8) is 0 Å². The number of nitrogens with zero attached hydrogens (tertiary/aromatic N) is 4. The number of amides is 3. The molecular formula is C19H26N4O2. The molecule has 3 aliphatic heterocycles. The van der Waals surface area contributed by atoms with Gasteiger partial charge in [-0.3, -0.25) is 9.78 Å². The van der Waals surface area contributed by atoms with Crippen molar-refractivity contribution in [2.24, 2.45) is 5.41 Å². The topological polar surface area (TPSA) is 56.8 Å². The van der Waals surface area contributed by atoms with E-state index in [0.29, 0.717) is 13.1 Å². The number of rotatable bonds is 2. The second-order valence-electron chi connectivity index (χ2n) is 7.62. The predicted molar refractivity (Wildman–Crippen MR) is 93.7 cm³/mol. The highest BCUT2D eigenvalue weighted by atomic mass is 16.2. The monoisotopic (exact) mass is 342 g/mol. The molecule has 0 aliphatic carbocycles. The maximum Gasteiger partial charge on any atom is 0.320 e. The van der Waals surface area contributed by atoms with Gasteiger partial charge in [0.2, 0.25) is 5.91 Å². The minimum atomic E-state index is -0.365. The van der Waals surface area contributed by atoms with Gasteiger partial charge in [0.05, 0.1) is 5.41 Å². The summed E-state index contributed by atoms with van der Waals surface area (Å²) in [7, 11) is 0. The number of likely N-dealkylation sites (tertiary alicyclic amines) is 3. The van der Waals surface area contributed by atoms with Gasteiger partial charge in [-0.05, 0) is 43.7 Å². The third-order valence-electron chi connectivity index (χ3n) is 5.92. The Kier molecular flexibility index (Phi) is 4.36. The minimum absolute atomic E-state index is 0.134. The van der Waals surface area contributed by atoms with Gasteiger partial charge >= 0.3 is 6.03 Å². The van der Waals surface area contributed by atoms with Crippen molar-refractivity contribution in [1.29, 1.82) is 0 Å². The Hall–Kier alpha value is -2.11. The highest BCUT2D eigenvalue weighted by Gasteiger charge is 2.49. The van der Waals surface area contributed by atoms with Gasteiger partial charge in [0.25, 0.3) is 0 Å². The molecule has 6 heteroatoms. The molecule has 1 atom stereocenters. The van der Waals surface area contributed by atoms with Crippen LogP contribution >= 0.6 is 0 Å². The molecule has 4 heterocycles. The number of hydrogen-bond donors (Lipinski definition) is 0. The first-order valence-electron chi connectivity index (χ1n) is 9.40. The Labute approximate surface area is 148 Å². The van der Waals surface area contributed by atoms with Crippen molar-refractivity contribution in [3.05, 3.63) is 30.1 Å².